The number of carbonyl (C=O) groups excluding carboxylic acids is 2. The number of nitrogens with one attached hydrogen (secondary N) is 1. The van der Waals surface area contributed by atoms with Crippen molar-refractivity contribution in [1.82, 2.24) is 19.5 Å². The Labute approximate surface area is 245 Å². The van der Waals surface area contributed by atoms with Gasteiger partial charge in [-0.1, -0.05) is 36.8 Å². The second kappa shape index (κ2) is 13.5. The minimum absolute atomic E-state index is 0.0128. The smallest absolute Gasteiger partial charge is 0.435 e. The number of hydrogen-bond donors (Lipinski definition) is 1. The summed E-state index contributed by atoms with van der Waals surface area (Å²) in [6.07, 6.45) is -6.18. The van der Waals surface area contributed by atoms with E-state index in [1.807, 2.05) is 11.6 Å². The molecule has 43 heavy (non-hydrogen) atoms. The summed E-state index contributed by atoms with van der Waals surface area (Å²) in [5.41, 5.74) is 0.541. The zero-order chi connectivity index (χ0) is 31.9. The molecule has 232 valence electrons. The van der Waals surface area contributed by atoms with Gasteiger partial charge >= 0.3 is 12.1 Å². The molecule has 2 aromatic carbocycles. The van der Waals surface area contributed by atoms with E-state index in [0.717, 1.165) is 33.5 Å². The number of rotatable bonds is 12. The van der Waals surface area contributed by atoms with Crippen molar-refractivity contribution in [2.24, 2.45) is 5.28 Å². The fourth-order valence-electron chi connectivity index (χ4n) is 3.48. The van der Waals surface area contributed by atoms with Crippen molar-refractivity contribution in [1.29, 1.82) is 0 Å². The van der Waals surface area contributed by atoms with Crippen LogP contribution in [-0.4, -0.2) is 59.9 Å². The average molecular weight is 627 g/mol. The monoisotopic (exact) mass is 626 g/mol. The molecule has 0 aliphatic rings. The van der Waals surface area contributed by atoms with Gasteiger partial charge in [0.15, 0.2) is 5.69 Å². The van der Waals surface area contributed by atoms with Crippen molar-refractivity contribution >= 4 is 21.9 Å². The lowest BCUT2D eigenvalue weighted by Gasteiger charge is -2.14. The molecule has 0 radical (unpaired) electrons. The largest absolute Gasteiger partial charge is 0.569 e. The summed E-state index contributed by atoms with van der Waals surface area (Å²) in [6, 6.07) is 12.4. The van der Waals surface area contributed by atoms with Crippen LogP contribution in [0.3, 0.4) is 0 Å². The van der Waals surface area contributed by atoms with Crippen LogP contribution in [0, 0.1) is 12.1 Å². The van der Waals surface area contributed by atoms with E-state index in [9.17, 15) is 36.4 Å². The number of hydrazine groups is 1. The molecule has 0 spiro atoms. The van der Waals surface area contributed by atoms with E-state index in [1.165, 1.54) is 26.1 Å². The number of ether oxygens (including phenoxy) is 1. The molecule has 0 saturated carbocycles. The molecule has 3 aromatic rings. The van der Waals surface area contributed by atoms with Crippen molar-refractivity contribution in [3.63, 3.8) is 0 Å². The van der Waals surface area contributed by atoms with E-state index in [-0.39, 0.29) is 34.2 Å². The highest BCUT2D eigenvalue weighted by molar-refractivity contribution is 7.90. The first kappa shape index (κ1) is 32.8. The third kappa shape index (κ3) is 8.91. The first-order chi connectivity index (χ1) is 20.1. The number of aryl methyl sites for hydroxylation is 1. The molecule has 17 heteroatoms. The Hall–Kier alpha value is -4.67. The van der Waals surface area contributed by atoms with Crippen molar-refractivity contribution in [2.75, 3.05) is 13.6 Å². The minimum Gasteiger partial charge on any atom is -0.569 e. The standard InChI is InChI=1S/C26H29F3N6O7S/c1-5-25(37)41-18(3)42-32-35(38)33(4)15-14-24(36)31-43(39,40)21-12-10-20(11-13-21)34-22(16-23(30-34)26(27,28)29)19-8-6-17(2)7-9-19/h6-13,16,18H,5,14-15H2,1-4H3,(H,31,36)/b35-32-. The molecule has 3 rings (SSSR count). The summed E-state index contributed by atoms with van der Waals surface area (Å²) in [6.45, 7) is 4.48. The first-order valence-electron chi connectivity index (χ1n) is 12.8. The maximum Gasteiger partial charge on any atom is 0.435 e. The molecule has 0 fully saturated rings. The van der Waals surface area contributed by atoms with Crippen LogP contribution in [0.25, 0.3) is 16.9 Å². The highest BCUT2D eigenvalue weighted by Gasteiger charge is 2.35. The van der Waals surface area contributed by atoms with Gasteiger partial charge in [0, 0.05) is 18.9 Å². The maximum absolute atomic E-state index is 13.5. The third-order valence-electron chi connectivity index (χ3n) is 5.79. The summed E-state index contributed by atoms with van der Waals surface area (Å²) in [7, 11) is -3.11. The SMILES string of the molecule is CCC(=O)OC(C)O/N=[N+](\[O-])N(C)CCC(=O)NS(=O)(=O)c1ccc(-n2nc(C(F)(F)F)cc2-c2ccc(C)cc2)cc1. The summed E-state index contributed by atoms with van der Waals surface area (Å²) in [5, 5.41) is 19.7. The second-order valence-electron chi connectivity index (χ2n) is 9.20. The number of alkyl halides is 3. The van der Waals surface area contributed by atoms with Gasteiger partial charge in [-0.05, 0) is 37.3 Å². The van der Waals surface area contributed by atoms with Gasteiger partial charge in [0.1, 0.15) is 0 Å². The molecule has 1 N–H and O–H groups in total. The molecule has 1 amide bonds. The van der Waals surface area contributed by atoms with Crippen LogP contribution in [0.15, 0.2) is 64.8 Å². The Bertz CT molecular complexity index is 1570. The number of aromatic nitrogens is 2. The van der Waals surface area contributed by atoms with Gasteiger partial charge in [0.05, 0.1) is 41.3 Å². The lowest BCUT2D eigenvalue weighted by Crippen LogP contribution is -2.35. The molecule has 0 aliphatic heterocycles. The van der Waals surface area contributed by atoms with Crippen LogP contribution in [0.5, 0.6) is 0 Å². The molecule has 1 atom stereocenters. The highest BCUT2D eigenvalue weighted by Crippen LogP contribution is 2.33. The second-order valence-corrected chi connectivity index (χ2v) is 10.9. The van der Waals surface area contributed by atoms with Gasteiger partial charge in [0.2, 0.25) is 11.2 Å². The topological polar surface area (TPSA) is 158 Å². The normalized spacial score (nSPS) is 12.9. The highest BCUT2D eigenvalue weighted by atomic mass is 32.2. The number of sulfonamides is 1. The molecule has 0 saturated heterocycles. The van der Waals surface area contributed by atoms with E-state index < -0.39 is 46.5 Å². The van der Waals surface area contributed by atoms with E-state index in [0.29, 0.717) is 5.56 Å². The number of halogens is 3. The number of nitrogens with zero attached hydrogens (tertiary/aromatic N) is 5. The summed E-state index contributed by atoms with van der Waals surface area (Å²) in [4.78, 5) is 27.9. The van der Waals surface area contributed by atoms with Crippen LogP contribution >= 0.6 is 0 Å². The molecule has 0 bridgehead atoms. The summed E-state index contributed by atoms with van der Waals surface area (Å²) >= 11 is 0. The number of esters is 1. The van der Waals surface area contributed by atoms with Crippen LogP contribution in [-0.2, 0) is 35.4 Å². The lowest BCUT2D eigenvalue weighted by molar-refractivity contribution is -0.707. The van der Waals surface area contributed by atoms with Crippen LogP contribution in [0.2, 0.25) is 0 Å². The van der Waals surface area contributed by atoms with Gasteiger partial charge in [-0.25, -0.2) is 17.8 Å². The van der Waals surface area contributed by atoms with Gasteiger partial charge in [0.25, 0.3) is 16.3 Å². The summed E-state index contributed by atoms with van der Waals surface area (Å²) in [5.74, 6) is -1.51. The lowest BCUT2D eigenvalue weighted by atomic mass is 10.1. The predicted octanol–water partition coefficient (Wildman–Crippen LogP) is 4.10. The Balaban J connectivity index is 1.68. The zero-order valence-electron chi connectivity index (χ0n) is 23.5. The molecule has 0 aliphatic carbocycles. The van der Waals surface area contributed by atoms with Crippen molar-refractivity contribution in [3.05, 3.63) is 71.1 Å². The third-order valence-corrected chi connectivity index (χ3v) is 7.18. The number of hydrogen-bond acceptors (Lipinski definition) is 9. The number of amides is 1. The van der Waals surface area contributed by atoms with Crippen molar-refractivity contribution < 1.29 is 45.7 Å². The molecule has 13 nitrogen and oxygen atoms in total. The Kier molecular flexibility index (Phi) is 10.3. The van der Waals surface area contributed by atoms with Crippen LogP contribution < -0.4 is 4.72 Å². The Morgan fingerprint density at radius 2 is 1.79 bits per heavy atom. The number of carbonyl (C=O) groups is 2. The molecular formula is C26H29F3N6O7S. The van der Waals surface area contributed by atoms with E-state index in [4.69, 9.17) is 9.57 Å². The summed E-state index contributed by atoms with van der Waals surface area (Å²) < 4.78 is 73.6. The number of benzene rings is 2. The van der Waals surface area contributed by atoms with Gasteiger partial charge in [-0.2, -0.15) is 18.3 Å². The maximum atomic E-state index is 13.5. The van der Waals surface area contributed by atoms with E-state index >= 15 is 0 Å². The fraction of sp³-hybridized carbons (Fsp3) is 0.346. The first-order valence-corrected chi connectivity index (χ1v) is 14.2. The van der Waals surface area contributed by atoms with E-state index in [1.54, 1.807) is 31.2 Å². The zero-order valence-corrected chi connectivity index (χ0v) is 24.3. The molecule has 1 aromatic heterocycles. The average Bonchev–Trinajstić information content (AvgIpc) is 3.41. The quantitative estimate of drug-likeness (QED) is 0.103. The predicted molar refractivity (Wildman–Crippen MR) is 144 cm³/mol. The Morgan fingerprint density at radius 3 is 2.37 bits per heavy atom. The van der Waals surface area contributed by atoms with Crippen LogP contribution in [0.1, 0.15) is 37.9 Å². The minimum atomic E-state index is -4.71. The van der Waals surface area contributed by atoms with Gasteiger partial charge < -0.3 is 9.94 Å². The van der Waals surface area contributed by atoms with Crippen molar-refractivity contribution in [3.8, 4) is 16.9 Å². The van der Waals surface area contributed by atoms with Gasteiger partial charge in [-0.15, -0.1) is 5.01 Å². The van der Waals surface area contributed by atoms with E-state index in [2.05, 4.69) is 10.4 Å². The molecule has 1 unspecified atom stereocenters. The molecule has 1 heterocycles. The van der Waals surface area contributed by atoms with Crippen molar-refractivity contribution in [2.45, 2.75) is 51.0 Å². The Morgan fingerprint density at radius 1 is 1.16 bits per heavy atom. The fourth-order valence-corrected chi connectivity index (χ4v) is 4.49. The van der Waals surface area contributed by atoms with Gasteiger partial charge in [-0.3, -0.25) is 14.4 Å². The molecular weight excluding hydrogens is 597 g/mol. The van der Waals surface area contributed by atoms with Crippen LogP contribution in [0.4, 0.5) is 13.2 Å².